The van der Waals surface area contributed by atoms with Crippen molar-refractivity contribution >= 4 is 38.9 Å². The number of nitrogens with zero attached hydrogens (tertiary/aromatic N) is 4. The van der Waals surface area contributed by atoms with E-state index in [9.17, 15) is 24.9 Å². The summed E-state index contributed by atoms with van der Waals surface area (Å²) >= 11 is 3.33. The van der Waals surface area contributed by atoms with Gasteiger partial charge >= 0.3 is 5.56 Å². The second kappa shape index (κ2) is 7.89. The zero-order valence-electron chi connectivity index (χ0n) is 15.4. The van der Waals surface area contributed by atoms with E-state index in [-0.39, 0.29) is 23.5 Å². The first kappa shape index (κ1) is 20.6. The number of ether oxygens (including phenoxy) is 1. The van der Waals surface area contributed by atoms with Gasteiger partial charge in [0.2, 0.25) is 11.9 Å². The second-order valence-corrected chi connectivity index (χ2v) is 7.78. The van der Waals surface area contributed by atoms with Crippen LogP contribution in [-0.2, 0) is 11.2 Å². The van der Waals surface area contributed by atoms with Gasteiger partial charge in [0, 0.05) is 4.47 Å². The molecule has 0 amide bonds. The molecule has 3 aromatic rings. The Morgan fingerprint density at radius 2 is 1.93 bits per heavy atom. The molecule has 12 heteroatoms. The van der Waals surface area contributed by atoms with Crippen molar-refractivity contribution in [2.24, 2.45) is 0 Å². The minimum Gasteiger partial charge on any atom is -0.394 e. The van der Waals surface area contributed by atoms with E-state index < -0.39 is 42.6 Å². The van der Waals surface area contributed by atoms with Crippen molar-refractivity contribution in [1.82, 2.24) is 19.1 Å². The number of nitrogen functional groups attached to an aromatic ring is 1. The molecule has 4 unspecified atom stereocenters. The Morgan fingerprint density at radius 1 is 1.23 bits per heavy atom. The standard InChI is InChI=1S/C18H18BrN5O6/c19-9-3-1-8(2-4-9)5-11(26)24-16-12(15(29)22-18(24)20)21-7-23(16)17-14(28)13(27)10(6-25)30-17/h1-4,7,10,13-14,17,25,27-28H,5-6H2,(H2,20,22,29). The highest BCUT2D eigenvalue weighted by molar-refractivity contribution is 9.10. The van der Waals surface area contributed by atoms with Crippen molar-refractivity contribution in [3.05, 3.63) is 51.0 Å². The van der Waals surface area contributed by atoms with Crippen LogP contribution in [0.1, 0.15) is 16.6 Å². The molecule has 3 heterocycles. The normalized spacial score (nSPS) is 23.9. The molecule has 2 aromatic heterocycles. The summed E-state index contributed by atoms with van der Waals surface area (Å²) in [5.74, 6) is -0.830. The number of carbonyl (C=O) groups is 1. The molecule has 0 bridgehead atoms. The summed E-state index contributed by atoms with van der Waals surface area (Å²) in [6.45, 7) is -0.527. The zero-order valence-corrected chi connectivity index (χ0v) is 17.0. The maximum Gasteiger partial charge on any atom is 0.302 e. The number of halogens is 1. The molecule has 4 atom stereocenters. The number of rotatable bonds is 4. The van der Waals surface area contributed by atoms with Crippen LogP contribution in [-0.4, -0.2) is 65.2 Å². The van der Waals surface area contributed by atoms with E-state index in [2.05, 4.69) is 25.9 Å². The lowest BCUT2D eigenvalue weighted by Gasteiger charge is -2.19. The third kappa shape index (κ3) is 3.42. The summed E-state index contributed by atoms with van der Waals surface area (Å²) in [6, 6.07) is 7.09. The van der Waals surface area contributed by atoms with E-state index in [0.29, 0.717) is 5.56 Å². The molecule has 30 heavy (non-hydrogen) atoms. The van der Waals surface area contributed by atoms with Gasteiger partial charge in [-0.2, -0.15) is 4.98 Å². The summed E-state index contributed by atoms with van der Waals surface area (Å²) in [4.78, 5) is 33.0. The molecule has 1 aliphatic heterocycles. The van der Waals surface area contributed by atoms with Crippen LogP contribution in [0.5, 0.6) is 0 Å². The Morgan fingerprint density at radius 3 is 2.57 bits per heavy atom. The monoisotopic (exact) mass is 479 g/mol. The lowest BCUT2D eigenvalue weighted by atomic mass is 10.1. The number of nitrogens with two attached hydrogens (primary N) is 1. The van der Waals surface area contributed by atoms with Gasteiger partial charge in [-0.3, -0.25) is 14.2 Å². The molecule has 11 nitrogen and oxygen atoms in total. The van der Waals surface area contributed by atoms with Gasteiger partial charge in [0.1, 0.15) is 18.3 Å². The Hall–Kier alpha value is -2.64. The second-order valence-electron chi connectivity index (χ2n) is 6.86. The number of anilines is 1. The van der Waals surface area contributed by atoms with Crippen LogP contribution in [0.2, 0.25) is 0 Å². The van der Waals surface area contributed by atoms with E-state index in [1.807, 2.05) is 0 Å². The minimum atomic E-state index is -1.43. The van der Waals surface area contributed by atoms with E-state index in [4.69, 9.17) is 10.5 Å². The third-order valence-corrected chi connectivity index (χ3v) is 5.47. The van der Waals surface area contributed by atoms with E-state index in [1.165, 1.54) is 10.9 Å². The lowest BCUT2D eigenvalue weighted by Crippen LogP contribution is -2.33. The predicted molar refractivity (Wildman–Crippen MR) is 108 cm³/mol. The largest absolute Gasteiger partial charge is 0.394 e. The molecule has 0 aliphatic carbocycles. The summed E-state index contributed by atoms with van der Waals surface area (Å²) in [6.07, 6.45) is -3.89. The van der Waals surface area contributed by atoms with Crippen molar-refractivity contribution < 1.29 is 24.9 Å². The number of aliphatic hydroxyl groups excluding tert-OH is 3. The first-order valence-corrected chi connectivity index (χ1v) is 9.76. The van der Waals surface area contributed by atoms with Gasteiger partial charge in [0.05, 0.1) is 19.4 Å². The highest BCUT2D eigenvalue weighted by Crippen LogP contribution is 2.31. The first-order valence-electron chi connectivity index (χ1n) is 8.97. The molecular formula is C18H18BrN5O6. The number of benzene rings is 1. The van der Waals surface area contributed by atoms with Gasteiger partial charge in [0.15, 0.2) is 17.4 Å². The fraction of sp³-hybridized carbons (Fsp3) is 0.333. The van der Waals surface area contributed by atoms with Crippen LogP contribution >= 0.6 is 15.9 Å². The van der Waals surface area contributed by atoms with Crippen molar-refractivity contribution in [1.29, 1.82) is 0 Å². The minimum absolute atomic E-state index is 0.0237. The van der Waals surface area contributed by atoms with Crippen LogP contribution in [0.25, 0.3) is 11.2 Å². The third-order valence-electron chi connectivity index (χ3n) is 4.94. The van der Waals surface area contributed by atoms with Crippen LogP contribution < -0.4 is 11.3 Å². The number of fused-ring (bicyclic) bond motifs is 1. The van der Waals surface area contributed by atoms with Crippen molar-refractivity contribution in [2.75, 3.05) is 12.3 Å². The molecule has 158 valence electrons. The average Bonchev–Trinajstić information content (AvgIpc) is 3.26. The summed E-state index contributed by atoms with van der Waals surface area (Å²) in [5, 5.41) is 29.8. The first-order chi connectivity index (χ1) is 14.3. The topological polar surface area (TPSA) is 166 Å². The summed E-state index contributed by atoms with van der Waals surface area (Å²) in [5.41, 5.74) is 5.68. The van der Waals surface area contributed by atoms with E-state index in [1.54, 1.807) is 24.3 Å². The Balaban J connectivity index is 1.82. The maximum atomic E-state index is 13.1. The lowest BCUT2D eigenvalue weighted by molar-refractivity contribution is -0.0512. The van der Waals surface area contributed by atoms with Crippen molar-refractivity contribution in [2.45, 2.75) is 31.0 Å². The SMILES string of the molecule is Nc1nc(=O)c2ncn(C3OC(CO)C(O)C3O)c2n1C(=O)Cc1ccc(Br)cc1. The van der Waals surface area contributed by atoms with Crippen LogP contribution in [0.3, 0.4) is 0 Å². The number of imidazole rings is 1. The van der Waals surface area contributed by atoms with Gasteiger partial charge in [-0.15, -0.1) is 0 Å². The van der Waals surface area contributed by atoms with Crippen molar-refractivity contribution in [3.63, 3.8) is 0 Å². The molecule has 1 aliphatic rings. The summed E-state index contributed by atoms with van der Waals surface area (Å²) in [7, 11) is 0. The van der Waals surface area contributed by atoms with E-state index in [0.717, 1.165) is 9.04 Å². The Labute approximate surface area is 177 Å². The van der Waals surface area contributed by atoms with Gasteiger partial charge in [-0.1, -0.05) is 28.1 Å². The molecule has 1 aromatic carbocycles. The van der Waals surface area contributed by atoms with E-state index >= 15 is 0 Å². The number of aliphatic hydroxyl groups is 3. The fourth-order valence-corrected chi connectivity index (χ4v) is 3.70. The molecule has 0 saturated carbocycles. The van der Waals surface area contributed by atoms with Crippen LogP contribution in [0.4, 0.5) is 5.95 Å². The molecule has 1 saturated heterocycles. The molecule has 5 N–H and O–H groups in total. The highest BCUT2D eigenvalue weighted by atomic mass is 79.9. The summed E-state index contributed by atoms with van der Waals surface area (Å²) < 4.78 is 8.63. The molecule has 4 rings (SSSR count). The average molecular weight is 480 g/mol. The van der Waals surface area contributed by atoms with Crippen LogP contribution in [0, 0.1) is 0 Å². The molecule has 0 spiro atoms. The number of hydrogen-bond acceptors (Lipinski definition) is 9. The number of hydrogen-bond donors (Lipinski definition) is 4. The van der Waals surface area contributed by atoms with Gasteiger partial charge in [-0.25, -0.2) is 9.55 Å². The predicted octanol–water partition coefficient (Wildman–Crippen LogP) is -0.568. The van der Waals surface area contributed by atoms with Gasteiger partial charge in [-0.05, 0) is 17.7 Å². The van der Waals surface area contributed by atoms with Gasteiger partial charge < -0.3 is 25.8 Å². The van der Waals surface area contributed by atoms with Crippen LogP contribution in [0.15, 0.2) is 39.9 Å². The quantitative estimate of drug-likeness (QED) is 0.383. The molecular weight excluding hydrogens is 462 g/mol. The zero-order chi connectivity index (χ0) is 21.6. The number of aromatic nitrogens is 4. The maximum absolute atomic E-state index is 13.1. The van der Waals surface area contributed by atoms with Gasteiger partial charge in [0.25, 0.3) is 0 Å². The Kier molecular flexibility index (Phi) is 5.42. The Bertz CT molecular complexity index is 1160. The number of carbonyl (C=O) groups excluding carboxylic acids is 1. The molecule has 0 radical (unpaired) electrons. The fourth-order valence-electron chi connectivity index (χ4n) is 3.44. The smallest absolute Gasteiger partial charge is 0.302 e. The van der Waals surface area contributed by atoms with Crippen molar-refractivity contribution in [3.8, 4) is 0 Å². The highest BCUT2D eigenvalue weighted by Gasteiger charge is 2.44. The molecule has 1 fully saturated rings.